The average molecular weight is 409 g/mol. The average Bonchev–Trinajstić information content (AvgIpc) is 3.27. The Morgan fingerprint density at radius 1 is 1.13 bits per heavy atom. The van der Waals surface area contributed by atoms with Gasteiger partial charge in [0.15, 0.2) is 0 Å². The van der Waals surface area contributed by atoms with Crippen LogP contribution in [-0.2, 0) is 32.2 Å². The fraction of sp³-hybridized carbons (Fsp3) is 0.435. The van der Waals surface area contributed by atoms with Gasteiger partial charge in [0.05, 0.1) is 37.5 Å². The first-order valence-electron chi connectivity index (χ1n) is 10.4. The second-order valence-electron chi connectivity index (χ2n) is 7.79. The van der Waals surface area contributed by atoms with Crippen LogP contribution < -0.4 is 0 Å². The molecule has 2 amide bonds. The van der Waals surface area contributed by atoms with Gasteiger partial charge >= 0.3 is 0 Å². The number of aromatic nitrogens is 1. The van der Waals surface area contributed by atoms with Crippen LogP contribution in [0.2, 0.25) is 0 Å². The van der Waals surface area contributed by atoms with E-state index in [9.17, 15) is 9.59 Å². The highest BCUT2D eigenvalue weighted by Gasteiger charge is 2.35. The van der Waals surface area contributed by atoms with Crippen LogP contribution in [-0.4, -0.2) is 65.6 Å². The van der Waals surface area contributed by atoms with Crippen LogP contribution in [0.3, 0.4) is 0 Å². The van der Waals surface area contributed by atoms with E-state index in [1.54, 1.807) is 16.0 Å². The first kappa shape index (κ1) is 20.5. The number of ether oxygens (including phenoxy) is 2. The van der Waals surface area contributed by atoms with Gasteiger partial charge in [-0.2, -0.15) is 0 Å². The summed E-state index contributed by atoms with van der Waals surface area (Å²) in [6.45, 7) is 2.76. The highest BCUT2D eigenvalue weighted by atomic mass is 16.5. The summed E-state index contributed by atoms with van der Waals surface area (Å²) < 4.78 is 11.5. The summed E-state index contributed by atoms with van der Waals surface area (Å²) in [6.07, 6.45) is 2.15. The maximum atomic E-state index is 13.0. The van der Waals surface area contributed by atoms with Crippen molar-refractivity contribution in [3.8, 4) is 0 Å². The molecule has 30 heavy (non-hydrogen) atoms. The highest BCUT2D eigenvalue weighted by molar-refractivity contribution is 5.86. The van der Waals surface area contributed by atoms with Gasteiger partial charge in [0.25, 0.3) is 0 Å². The standard InChI is InChI=1S/C23H27N3O4/c27-22-15-26(23(28)19-9-11-29-16-19)14-21(30-17-20-8-4-5-10-24-20)13-25(22)12-18-6-2-1-3-7-18/h1-8,10,19,21H,9,11-17H2. The fourth-order valence-electron chi connectivity index (χ4n) is 3.88. The van der Waals surface area contributed by atoms with Gasteiger partial charge in [0.1, 0.15) is 0 Å². The lowest BCUT2D eigenvalue weighted by Crippen LogP contribution is -2.43. The molecule has 2 aliphatic heterocycles. The zero-order valence-corrected chi connectivity index (χ0v) is 17.0. The topological polar surface area (TPSA) is 72.0 Å². The molecule has 158 valence electrons. The van der Waals surface area contributed by atoms with Gasteiger partial charge < -0.3 is 19.3 Å². The number of carbonyl (C=O) groups is 2. The molecule has 2 atom stereocenters. The Bertz CT molecular complexity index is 840. The van der Waals surface area contributed by atoms with Gasteiger partial charge in [-0.15, -0.1) is 0 Å². The summed E-state index contributed by atoms with van der Waals surface area (Å²) in [6, 6.07) is 15.6. The van der Waals surface area contributed by atoms with E-state index in [1.165, 1.54) is 0 Å². The predicted molar refractivity (Wildman–Crippen MR) is 110 cm³/mol. The smallest absolute Gasteiger partial charge is 0.242 e. The van der Waals surface area contributed by atoms with Crippen molar-refractivity contribution in [1.82, 2.24) is 14.8 Å². The SMILES string of the molecule is O=C1CN(C(=O)C2CCOC2)CC(OCc2ccccn2)CN1Cc1ccccc1. The predicted octanol–water partition coefficient (Wildman–Crippen LogP) is 1.87. The first-order valence-corrected chi connectivity index (χ1v) is 10.4. The third kappa shape index (κ3) is 5.23. The van der Waals surface area contributed by atoms with Crippen molar-refractivity contribution in [3.05, 3.63) is 66.0 Å². The van der Waals surface area contributed by atoms with Crippen molar-refractivity contribution in [2.24, 2.45) is 5.92 Å². The lowest BCUT2D eigenvalue weighted by molar-refractivity contribution is -0.141. The molecule has 2 saturated heterocycles. The molecule has 4 rings (SSSR count). The number of pyridine rings is 1. The molecule has 0 N–H and O–H groups in total. The quantitative estimate of drug-likeness (QED) is 0.729. The number of amides is 2. The summed E-state index contributed by atoms with van der Waals surface area (Å²) in [4.78, 5) is 33.7. The van der Waals surface area contributed by atoms with E-state index in [1.807, 2.05) is 48.5 Å². The van der Waals surface area contributed by atoms with Gasteiger partial charge in [-0.3, -0.25) is 14.6 Å². The van der Waals surface area contributed by atoms with E-state index in [-0.39, 0.29) is 30.4 Å². The minimum atomic E-state index is -0.284. The van der Waals surface area contributed by atoms with Crippen molar-refractivity contribution in [1.29, 1.82) is 0 Å². The van der Waals surface area contributed by atoms with Crippen molar-refractivity contribution < 1.29 is 19.1 Å². The minimum Gasteiger partial charge on any atom is -0.381 e. The molecule has 7 nitrogen and oxygen atoms in total. The normalized spacial score (nSPS) is 22.2. The monoisotopic (exact) mass is 409 g/mol. The number of nitrogens with zero attached hydrogens (tertiary/aromatic N) is 3. The molecule has 0 spiro atoms. The van der Waals surface area contributed by atoms with Crippen LogP contribution in [0.4, 0.5) is 0 Å². The Kier molecular flexibility index (Phi) is 6.71. The van der Waals surface area contributed by atoms with Crippen molar-refractivity contribution >= 4 is 11.8 Å². The zero-order valence-electron chi connectivity index (χ0n) is 17.0. The number of hydrogen-bond acceptors (Lipinski definition) is 5. The molecule has 0 bridgehead atoms. The molecule has 2 unspecified atom stereocenters. The number of benzene rings is 1. The van der Waals surface area contributed by atoms with Crippen molar-refractivity contribution in [2.75, 3.05) is 32.8 Å². The van der Waals surface area contributed by atoms with E-state index in [4.69, 9.17) is 9.47 Å². The highest BCUT2D eigenvalue weighted by Crippen LogP contribution is 2.19. The Labute approximate surface area is 176 Å². The van der Waals surface area contributed by atoms with Crippen LogP contribution in [0.15, 0.2) is 54.7 Å². The molecule has 0 aliphatic carbocycles. The van der Waals surface area contributed by atoms with Gasteiger partial charge in [-0.05, 0) is 24.1 Å². The molecule has 0 saturated carbocycles. The van der Waals surface area contributed by atoms with Crippen LogP contribution in [0.5, 0.6) is 0 Å². The van der Waals surface area contributed by atoms with Gasteiger partial charge in [0, 0.05) is 32.4 Å². The van der Waals surface area contributed by atoms with E-state index >= 15 is 0 Å². The third-order valence-electron chi connectivity index (χ3n) is 5.53. The maximum absolute atomic E-state index is 13.0. The first-order chi connectivity index (χ1) is 14.7. The van der Waals surface area contributed by atoms with Crippen LogP contribution in [0, 0.1) is 5.92 Å². The zero-order chi connectivity index (χ0) is 20.8. The van der Waals surface area contributed by atoms with Crippen LogP contribution >= 0.6 is 0 Å². The molecular weight excluding hydrogens is 382 g/mol. The number of rotatable bonds is 6. The minimum absolute atomic E-state index is 0.0196. The largest absolute Gasteiger partial charge is 0.381 e. The maximum Gasteiger partial charge on any atom is 0.242 e. The summed E-state index contributed by atoms with van der Waals surface area (Å²) in [5.74, 6) is -0.251. The van der Waals surface area contributed by atoms with E-state index in [0.717, 1.165) is 11.3 Å². The molecule has 0 radical (unpaired) electrons. The summed E-state index contributed by atoms with van der Waals surface area (Å²) in [5.41, 5.74) is 1.88. The molecule has 2 fully saturated rings. The van der Waals surface area contributed by atoms with Crippen LogP contribution in [0.1, 0.15) is 17.7 Å². The second-order valence-corrected chi connectivity index (χ2v) is 7.79. The lowest BCUT2D eigenvalue weighted by Gasteiger charge is -2.25. The molecule has 3 heterocycles. The lowest BCUT2D eigenvalue weighted by atomic mass is 10.1. The molecular formula is C23H27N3O4. The molecule has 2 aromatic rings. The fourth-order valence-corrected chi connectivity index (χ4v) is 3.88. The molecule has 7 heteroatoms. The van der Waals surface area contributed by atoms with E-state index in [2.05, 4.69) is 4.98 Å². The Morgan fingerprint density at radius 2 is 1.97 bits per heavy atom. The van der Waals surface area contributed by atoms with Gasteiger partial charge in [0.2, 0.25) is 11.8 Å². The molecule has 1 aromatic heterocycles. The van der Waals surface area contributed by atoms with Crippen molar-refractivity contribution in [3.63, 3.8) is 0 Å². The molecule has 2 aliphatic rings. The third-order valence-corrected chi connectivity index (χ3v) is 5.53. The van der Waals surface area contributed by atoms with Gasteiger partial charge in [-0.25, -0.2) is 0 Å². The van der Waals surface area contributed by atoms with E-state index < -0.39 is 0 Å². The Balaban J connectivity index is 1.49. The number of carbonyl (C=O) groups excluding carboxylic acids is 2. The Morgan fingerprint density at radius 3 is 2.70 bits per heavy atom. The summed E-state index contributed by atoms with van der Waals surface area (Å²) in [5, 5.41) is 0. The number of hydrogen-bond donors (Lipinski definition) is 0. The van der Waals surface area contributed by atoms with Crippen LogP contribution in [0.25, 0.3) is 0 Å². The van der Waals surface area contributed by atoms with Crippen molar-refractivity contribution in [2.45, 2.75) is 25.7 Å². The second kappa shape index (κ2) is 9.82. The summed E-state index contributed by atoms with van der Waals surface area (Å²) in [7, 11) is 0. The van der Waals surface area contributed by atoms with E-state index in [0.29, 0.717) is 45.9 Å². The van der Waals surface area contributed by atoms with Gasteiger partial charge in [-0.1, -0.05) is 36.4 Å². The Hall–Kier alpha value is -2.77. The summed E-state index contributed by atoms with van der Waals surface area (Å²) >= 11 is 0. The molecule has 1 aromatic carbocycles.